The zero-order chi connectivity index (χ0) is 12.4. The molecule has 0 aliphatic carbocycles. The van der Waals surface area contributed by atoms with Crippen LogP contribution in [0.3, 0.4) is 0 Å². The van der Waals surface area contributed by atoms with Gasteiger partial charge in [0, 0.05) is 25.4 Å². The summed E-state index contributed by atoms with van der Waals surface area (Å²) in [5.41, 5.74) is 3.99. The third kappa shape index (κ3) is 2.36. The van der Waals surface area contributed by atoms with E-state index >= 15 is 0 Å². The van der Waals surface area contributed by atoms with Gasteiger partial charge in [0.05, 0.1) is 5.69 Å². The highest BCUT2D eigenvalue weighted by molar-refractivity contribution is 5.68. The zero-order valence-corrected chi connectivity index (χ0v) is 10.3. The third-order valence-electron chi connectivity index (χ3n) is 2.74. The van der Waals surface area contributed by atoms with Crippen molar-refractivity contribution >= 4 is 0 Å². The van der Waals surface area contributed by atoms with Crippen molar-refractivity contribution in [2.24, 2.45) is 7.05 Å². The van der Waals surface area contributed by atoms with E-state index in [-0.39, 0.29) is 5.82 Å². The maximum Gasteiger partial charge on any atom is 0.123 e. The van der Waals surface area contributed by atoms with Crippen LogP contribution in [0.4, 0.5) is 4.39 Å². The molecule has 0 amide bonds. The van der Waals surface area contributed by atoms with Crippen molar-refractivity contribution in [3.8, 4) is 11.1 Å². The molecule has 0 spiro atoms. The summed E-state index contributed by atoms with van der Waals surface area (Å²) in [6, 6.07) is 4.87. The molecule has 3 nitrogen and oxygen atoms in total. The number of aromatic nitrogens is 2. The fourth-order valence-electron chi connectivity index (χ4n) is 2.03. The first-order chi connectivity index (χ1) is 8.11. The standard InChI is InChI=1S/C13H16FN3/c1-9-13(8-17(3)16-9)12-5-4-11(14)6-10(12)7-15-2/h4-6,8,15H,7H2,1-3H3. The highest BCUT2D eigenvalue weighted by Crippen LogP contribution is 2.26. The molecule has 1 N–H and O–H groups in total. The summed E-state index contributed by atoms with van der Waals surface area (Å²) in [4.78, 5) is 0. The van der Waals surface area contributed by atoms with Gasteiger partial charge in [0.2, 0.25) is 0 Å². The zero-order valence-electron chi connectivity index (χ0n) is 10.3. The highest BCUT2D eigenvalue weighted by Gasteiger charge is 2.11. The lowest BCUT2D eigenvalue weighted by Crippen LogP contribution is -2.06. The molecule has 4 heteroatoms. The second kappa shape index (κ2) is 4.67. The molecule has 1 aromatic heterocycles. The predicted octanol–water partition coefficient (Wildman–Crippen LogP) is 2.25. The van der Waals surface area contributed by atoms with E-state index in [1.807, 2.05) is 33.3 Å². The average Bonchev–Trinajstić information content (AvgIpc) is 2.59. The smallest absolute Gasteiger partial charge is 0.123 e. The largest absolute Gasteiger partial charge is 0.316 e. The Morgan fingerprint density at radius 3 is 2.71 bits per heavy atom. The number of hydrogen-bond donors (Lipinski definition) is 1. The van der Waals surface area contributed by atoms with E-state index in [9.17, 15) is 4.39 Å². The molecule has 0 unspecified atom stereocenters. The first-order valence-corrected chi connectivity index (χ1v) is 5.55. The van der Waals surface area contributed by atoms with Gasteiger partial charge in [-0.2, -0.15) is 5.10 Å². The summed E-state index contributed by atoms with van der Waals surface area (Å²) in [6.07, 6.45) is 1.96. The number of nitrogens with one attached hydrogen (secondary N) is 1. The fourth-order valence-corrected chi connectivity index (χ4v) is 2.03. The lowest BCUT2D eigenvalue weighted by Gasteiger charge is -2.08. The second-order valence-electron chi connectivity index (χ2n) is 4.13. The number of hydrogen-bond acceptors (Lipinski definition) is 2. The molecular formula is C13H16FN3. The molecule has 2 aromatic rings. The van der Waals surface area contributed by atoms with Crippen molar-refractivity contribution in [1.82, 2.24) is 15.1 Å². The fraction of sp³-hybridized carbons (Fsp3) is 0.308. The van der Waals surface area contributed by atoms with Crippen molar-refractivity contribution in [1.29, 1.82) is 0 Å². The molecule has 0 radical (unpaired) electrons. The van der Waals surface area contributed by atoms with Crippen molar-refractivity contribution in [3.63, 3.8) is 0 Å². The van der Waals surface area contributed by atoms with Crippen LogP contribution in [0.1, 0.15) is 11.3 Å². The predicted molar refractivity (Wildman–Crippen MR) is 66.1 cm³/mol. The summed E-state index contributed by atoms with van der Waals surface area (Å²) in [7, 11) is 3.74. The Hall–Kier alpha value is -1.68. The average molecular weight is 233 g/mol. The lowest BCUT2D eigenvalue weighted by atomic mass is 10.0. The summed E-state index contributed by atoms with van der Waals surface area (Å²) >= 11 is 0. The second-order valence-corrected chi connectivity index (χ2v) is 4.13. The van der Waals surface area contributed by atoms with Gasteiger partial charge in [0.25, 0.3) is 0 Å². The van der Waals surface area contributed by atoms with Gasteiger partial charge in [-0.25, -0.2) is 4.39 Å². The molecule has 1 aromatic carbocycles. The lowest BCUT2D eigenvalue weighted by molar-refractivity contribution is 0.624. The van der Waals surface area contributed by atoms with Crippen LogP contribution < -0.4 is 5.32 Å². The molecule has 2 rings (SSSR count). The minimum Gasteiger partial charge on any atom is -0.316 e. The van der Waals surface area contributed by atoms with E-state index < -0.39 is 0 Å². The molecule has 0 aliphatic heterocycles. The molecule has 0 bridgehead atoms. The van der Waals surface area contributed by atoms with Gasteiger partial charge in [-0.05, 0) is 37.2 Å². The summed E-state index contributed by atoms with van der Waals surface area (Å²) < 4.78 is 15.0. The number of aryl methyl sites for hydroxylation is 2. The van der Waals surface area contributed by atoms with Gasteiger partial charge in [-0.1, -0.05) is 6.07 Å². The molecule has 1 heterocycles. The quantitative estimate of drug-likeness (QED) is 0.881. The first kappa shape index (κ1) is 11.8. The van der Waals surface area contributed by atoms with Crippen molar-refractivity contribution in [3.05, 3.63) is 41.5 Å². The maximum absolute atomic E-state index is 13.2. The van der Waals surface area contributed by atoms with Crippen LogP contribution in [0.2, 0.25) is 0 Å². The van der Waals surface area contributed by atoms with Gasteiger partial charge >= 0.3 is 0 Å². The van der Waals surface area contributed by atoms with E-state index in [1.165, 1.54) is 6.07 Å². The Kier molecular flexibility index (Phi) is 3.24. The van der Waals surface area contributed by atoms with E-state index in [0.29, 0.717) is 6.54 Å². The normalized spacial score (nSPS) is 10.8. The topological polar surface area (TPSA) is 29.9 Å². The SMILES string of the molecule is CNCc1cc(F)ccc1-c1cn(C)nc1C. The minimum absolute atomic E-state index is 0.208. The maximum atomic E-state index is 13.2. The molecular weight excluding hydrogens is 217 g/mol. The number of nitrogens with zero attached hydrogens (tertiary/aromatic N) is 2. The molecule has 0 atom stereocenters. The Morgan fingerprint density at radius 2 is 2.12 bits per heavy atom. The summed E-state index contributed by atoms with van der Waals surface area (Å²) in [6.45, 7) is 2.60. The highest BCUT2D eigenvalue weighted by atomic mass is 19.1. The Morgan fingerprint density at radius 1 is 1.35 bits per heavy atom. The number of rotatable bonds is 3. The van der Waals surface area contributed by atoms with Gasteiger partial charge in [-0.3, -0.25) is 4.68 Å². The van der Waals surface area contributed by atoms with Crippen molar-refractivity contribution in [2.75, 3.05) is 7.05 Å². The van der Waals surface area contributed by atoms with E-state index in [1.54, 1.807) is 10.7 Å². The summed E-state index contributed by atoms with van der Waals surface area (Å²) in [5.74, 6) is -0.208. The van der Waals surface area contributed by atoms with Crippen LogP contribution in [0.15, 0.2) is 24.4 Å². The first-order valence-electron chi connectivity index (χ1n) is 5.55. The van der Waals surface area contributed by atoms with Crippen LogP contribution in [-0.4, -0.2) is 16.8 Å². The van der Waals surface area contributed by atoms with Gasteiger partial charge in [-0.15, -0.1) is 0 Å². The summed E-state index contributed by atoms with van der Waals surface area (Å²) in [5, 5.41) is 7.37. The molecule has 0 saturated heterocycles. The molecule has 90 valence electrons. The monoisotopic (exact) mass is 233 g/mol. The minimum atomic E-state index is -0.208. The van der Waals surface area contributed by atoms with Gasteiger partial charge in [0.1, 0.15) is 5.82 Å². The molecule has 17 heavy (non-hydrogen) atoms. The van der Waals surface area contributed by atoms with Crippen molar-refractivity contribution in [2.45, 2.75) is 13.5 Å². The van der Waals surface area contributed by atoms with Gasteiger partial charge < -0.3 is 5.32 Å². The van der Waals surface area contributed by atoms with E-state index in [0.717, 1.165) is 22.4 Å². The third-order valence-corrected chi connectivity index (χ3v) is 2.74. The molecule has 0 fully saturated rings. The Balaban J connectivity index is 2.54. The van der Waals surface area contributed by atoms with Crippen LogP contribution in [-0.2, 0) is 13.6 Å². The van der Waals surface area contributed by atoms with E-state index in [4.69, 9.17) is 0 Å². The van der Waals surface area contributed by atoms with Crippen LogP contribution in [0.5, 0.6) is 0 Å². The molecule has 0 aliphatic rings. The Labute approximate surface area is 100 Å². The van der Waals surface area contributed by atoms with Crippen molar-refractivity contribution < 1.29 is 4.39 Å². The molecule has 0 saturated carbocycles. The van der Waals surface area contributed by atoms with Crippen LogP contribution >= 0.6 is 0 Å². The number of benzene rings is 1. The van der Waals surface area contributed by atoms with Crippen LogP contribution in [0.25, 0.3) is 11.1 Å². The van der Waals surface area contributed by atoms with Crippen LogP contribution in [0, 0.1) is 12.7 Å². The van der Waals surface area contributed by atoms with Gasteiger partial charge in [0.15, 0.2) is 0 Å². The number of halogens is 1. The van der Waals surface area contributed by atoms with E-state index in [2.05, 4.69) is 10.4 Å². The Bertz CT molecular complexity index is 531.